The molecule has 11 rings (SSSR count). The first kappa shape index (κ1) is 28.2. The molecule has 0 fully saturated rings. The third kappa shape index (κ3) is 3.76. The first-order chi connectivity index (χ1) is 25.3. The van der Waals surface area contributed by atoms with Crippen molar-refractivity contribution in [3.05, 3.63) is 216 Å². The van der Waals surface area contributed by atoms with Crippen LogP contribution in [0.4, 0.5) is 17.1 Å². The zero-order valence-electron chi connectivity index (χ0n) is 27.9. The molecule has 0 saturated carbocycles. The Morgan fingerprint density at radius 1 is 0.373 bits per heavy atom. The Balaban J connectivity index is 1.27. The third-order valence-electron chi connectivity index (χ3n) is 11.2. The fraction of sp³-hybridized carbons (Fsp3) is 0.0204. The maximum Gasteiger partial charge on any atom is 0.0727 e. The number of aromatic nitrogens is 1. The molecule has 2 aliphatic rings. The molecule has 1 aromatic heterocycles. The number of hydrogen-bond donors (Lipinski definition) is 0. The summed E-state index contributed by atoms with van der Waals surface area (Å²) in [4.78, 5) is 2.38. The van der Waals surface area contributed by atoms with Gasteiger partial charge in [0, 0.05) is 39.1 Å². The highest BCUT2D eigenvalue weighted by Crippen LogP contribution is 2.64. The van der Waals surface area contributed by atoms with Crippen molar-refractivity contribution in [1.82, 2.24) is 4.57 Å². The summed E-state index contributed by atoms with van der Waals surface area (Å²) in [5.74, 6) is 0. The van der Waals surface area contributed by atoms with E-state index in [1.165, 1.54) is 72.0 Å². The minimum Gasteiger partial charge on any atom is -0.310 e. The van der Waals surface area contributed by atoms with Gasteiger partial charge in [-0.3, -0.25) is 0 Å². The molecule has 51 heavy (non-hydrogen) atoms. The Morgan fingerprint density at radius 2 is 0.941 bits per heavy atom. The van der Waals surface area contributed by atoms with Crippen LogP contribution < -0.4 is 4.90 Å². The predicted octanol–water partition coefficient (Wildman–Crippen LogP) is 12.6. The molecular formula is C49H32N2. The van der Waals surface area contributed by atoms with Crippen molar-refractivity contribution < 1.29 is 0 Å². The number of nitrogens with zero attached hydrogens (tertiary/aromatic N) is 2. The Morgan fingerprint density at radius 3 is 1.67 bits per heavy atom. The fourth-order valence-corrected chi connectivity index (χ4v) is 9.25. The van der Waals surface area contributed by atoms with Crippen LogP contribution in [-0.4, -0.2) is 4.57 Å². The quantitative estimate of drug-likeness (QED) is 0.184. The van der Waals surface area contributed by atoms with Crippen LogP contribution in [0.5, 0.6) is 0 Å². The van der Waals surface area contributed by atoms with E-state index in [1.807, 2.05) is 0 Å². The van der Waals surface area contributed by atoms with Crippen molar-refractivity contribution in [2.75, 3.05) is 4.90 Å². The fourth-order valence-electron chi connectivity index (χ4n) is 9.25. The molecule has 1 unspecified atom stereocenters. The predicted molar refractivity (Wildman–Crippen MR) is 212 cm³/mol. The summed E-state index contributed by atoms with van der Waals surface area (Å²) in [5, 5.41) is 2.55. The summed E-state index contributed by atoms with van der Waals surface area (Å²) < 4.78 is 2.49. The molecule has 0 radical (unpaired) electrons. The monoisotopic (exact) mass is 648 g/mol. The van der Waals surface area contributed by atoms with Gasteiger partial charge in [0.1, 0.15) is 0 Å². The van der Waals surface area contributed by atoms with E-state index in [-0.39, 0.29) is 0 Å². The van der Waals surface area contributed by atoms with E-state index in [1.54, 1.807) is 0 Å². The molecular weight excluding hydrogens is 617 g/mol. The summed E-state index contributed by atoms with van der Waals surface area (Å²) in [6, 6.07) is 71.3. The van der Waals surface area contributed by atoms with E-state index >= 15 is 0 Å². The maximum atomic E-state index is 2.49. The minimum atomic E-state index is -0.487. The van der Waals surface area contributed by atoms with Gasteiger partial charge in [-0.15, -0.1) is 0 Å². The normalized spacial score (nSPS) is 15.1. The molecule has 2 nitrogen and oxygen atoms in total. The van der Waals surface area contributed by atoms with Crippen LogP contribution in [0.3, 0.4) is 0 Å². The van der Waals surface area contributed by atoms with Crippen LogP contribution in [0.2, 0.25) is 0 Å². The van der Waals surface area contributed by atoms with Gasteiger partial charge in [0.15, 0.2) is 0 Å². The lowest BCUT2D eigenvalue weighted by Crippen LogP contribution is -2.26. The average Bonchev–Trinajstić information content (AvgIpc) is 3.81. The molecule has 9 aromatic rings. The van der Waals surface area contributed by atoms with Gasteiger partial charge >= 0.3 is 0 Å². The number of anilines is 3. The van der Waals surface area contributed by atoms with Gasteiger partial charge in [-0.1, -0.05) is 140 Å². The molecule has 0 amide bonds. The smallest absolute Gasteiger partial charge is 0.0727 e. The zero-order chi connectivity index (χ0) is 33.5. The molecule has 2 heteroatoms. The topological polar surface area (TPSA) is 8.17 Å². The van der Waals surface area contributed by atoms with Crippen molar-refractivity contribution in [1.29, 1.82) is 0 Å². The van der Waals surface area contributed by atoms with E-state index in [0.717, 1.165) is 17.1 Å². The van der Waals surface area contributed by atoms with E-state index in [0.29, 0.717) is 0 Å². The Kier molecular flexibility index (Phi) is 5.91. The standard InChI is InChI=1S/C49H32N2/c1-4-16-33(17-5-1)50(34-18-6-2-7-19-34)36-28-29-38-37-22-10-13-25-42(37)49(45(38)32-36)43-26-14-11-24-41(43)47-44(49)31-30-40-39-23-12-15-27-46(39)51(48(40)47)35-20-8-3-9-21-35/h1-32H. The first-order valence-corrected chi connectivity index (χ1v) is 17.7. The highest BCUT2D eigenvalue weighted by Gasteiger charge is 2.52. The van der Waals surface area contributed by atoms with Crippen LogP contribution in [0, 0.1) is 0 Å². The van der Waals surface area contributed by atoms with Crippen molar-refractivity contribution in [2.45, 2.75) is 5.41 Å². The van der Waals surface area contributed by atoms with E-state index in [9.17, 15) is 0 Å². The molecule has 0 saturated heterocycles. The molecule has 8 aromatic carbocycles. The lowest BCUT2D eigenvalue weighted by Gasteiger charge is -2.32. The third-order valence-corrected chi connectivity index (χ3v) is 11.2. The summed E-state index contributed by atoms with van der Waals surface area (Å²) in [6.07, 6.45) is 0. The maximum absolute atomic E-state index is 2.49. The summed E-state index contributed by atoms with van der Waals surface area (Å²) >= 11 is 0. The molecule has 0 bridgehead atoms. The van der Waals surface area contributed by atoms with Gasteiger partial charge in [-0.05, 0) is 93.5 Å². The first-order valence-electron chi connectivity index (χ1n) is 17.7. The second kappa shape index (κ2) is 10.7. The molecule has 238 valence electrons. The Bertz CT molecular complexity index is 2760. The second-order valence-electron chi connectivity index (χ2n) is 13.6. The number of fused-ring (bicyclic) bond motifs is 14. The van der Waals surface area contributed by atoms with Gasteiger partial charge in [-0.2, -0.15) is 0 Å². The van der Waals surface area contributed by atoms with Crippen LogP contribution in [0.1, 0.15) is 22.3 Å². The summed E-state index contributed by atoms with van der Waals surface area (Å²) in [5.41, 5.74) is 17.1. The summed E-state index contributed by atoms with van der Waals surface area (Å²) in [6.45, 7) is 0. The van der Waals surface area contributed by atoms with Crippen molar-refractivity contribution in [3.8, 4) is 27.9 Å². The minimum absolute atomic E-state index is 0.487. The lowest BCUT2D eigenvalue weighted by molar-refractivity contribution is 0.794. The Labute approximate surface area is 297 Å². The number of hydrogen-bond acceptors (Lipinski definition) is 1. The zero-order valence-corrected chi connectivity index (χ0v) is 27.9. The van der Waals surface area contributed by atoms with E-state index in [2.05, 4.69) is 204 Å². The van der Waals surface area contributed by atoms with Crippen LogP contribution in [0.25, 0.3) is 49.7 Å². The van der Waals surface area contributed by atoms with Crippen molar-refractivity contribution >= 4 is 38.9 Å². The van der Waals surface area contributed by atoms with Gasteiger partial charge in [-0.25, -0.2) is 0 Å². The van der Waals surface area contributed by atoms with Crippen LogP contribution in [-0.2, 0) is 5.41 Å². The SMILES string of the molecule is c1ccc(N(c2ccccc2)c2ccc3c(c2)C2(c4ccccc4-3)c3ccccc3-c3c2ccc2c4ccccc4n(-c4ccccc4)c32)cc1. The second-order valence-corrected chi connectivity index (χ2v) is 13.6. The lowest BCUT2D eigenvalue weighted by atomic mass is 9.70. The summed E-state index contributed by atoms with van der Waals surface area (Å²) in [7, 11) is 0. The molecule has 0 aliphatic heterocycles. The van der Waals surface area contributed by atoms with Crippen molar-refractivity contribution in [3.63, 3.8) is 0 Å². The molecule has 1 atom stereocenters. The van der Waals surface area contributed by atoms with E-state index < -0.39 is 5.41 Å². The van der Waals surface area contributed by atoms with E-state index in [4.69, 9.17) is 0 Å². The van der Waals surface area contributed by atoms with Gasteiger partial charge < -0.3 is 9.47 Å². The molecule has 1 spiro atoms. The number of rotatable bonds is 4. The molecule has 2 aliphatic carbocycles. The van der Waals surface area contributed by atoms with Crippen LogP contribution >= 0.6 is 0 Å². The molecule has 0 N–H and O–H groups in total. The van der Waals surface area contributed by atoms with Crippen LogP contribution in [0.15, 0.2) is 194 Å². The highest BCUT2D eigenvalue weighted by molar-refractivity contribution is 6.16. The number of para-hydroxylation sites is 4. The highest BCUT2D eigenvalue weighted by atomic mass is 15.1. The Hall–Kier alpha value is -6.64. The number of benzene rings is 8. The molecule has 1 heterocycles. The largest absolute Gasteiger partial charge is 0.310 e. The van der Waals surface area contributed by atoms with Gasteiger partial charge in [0.25, 0.3) is 0 Å². The van der Waals surface area contributed by atoms with Gasteiger partial charge in [0.2, 0.25) is 0 Å². The average molecular weight is 649 g/mol. The van der Waals surface area contributed by atoms with Crippen molar-refractivity contribution in [2.24, 2.45) is 0 Å². The van der Waals surface area contributed by atoms with Gasteiger partial charge in [0.05, 0.1) is 16.4 Å².